The van der Waals surface area contributed by atoms with Crippen molar-refractivity contribution in [1.82, 2.24) is 4.90 Å². The predicted molar refractivity (Wildman–Crippen MR) is 99.7 cm³/mol. The number of carbonyl (C=O) groups excluding carboxylic acids is 1. The van der Waals surface area contributed by atoms with Gasteiger partial charge < -0.3 is 9.64 Å². The summed E-state index contributed by atoms with van der Waals surface area (Å²) in [5, 5.41) is 11.1. The molecule has 1 atom stereocenters. The number of nitro groups is 1. The van der Waals surface area contributed by atoms with Crippen LogP contribution in [-0.2, 0) is 4.74 Å². The highest BCUT2D eigenvalue weighted by Gasteiger charge is 2.49. The van der Waals surface area contributed by atoms with Crippen LogP contribution in [0.2, 0.25) is 0 Å². The lowest BCUT2D eigenvalue weighted by Crippen LogP contribution is -2.46. The summed E-state index contributed by atoms with van der Waals surface area (Å²) in [5.74, 6) is -0.616. The highest BCUT2D eigenvalue weighted by Crippen LogP contribution is 2.53. The second-order valence-electron chi connectivity index (χ2n) is 8.61. The van der Waals surface area contributed by atoms with E-state index in [1.807, 2.05) is 20.8 Å². The normalized spacial score (nSPS) is 21.5. The maximum atomic E-state index is 14.1. The molecule has 1 saturated carbocycles. The topological polar surface area (TPSA) is 72.7 Å². The van der Waals surface area contributed by atoms with Gasteiger partial charge in [0, 0.05) is 19.2 Å². The molecule has 1 aromatic carbocycles. The van der Waals surface area contributed by atoms with Crippen molar-refractivity contribution in [2.24, 2.45) is 11.3 Å². The van der Waals surface area contributed by atoms with Gasteiger partial charge in [-0.25, -0.2) is 9.18 Å². The largest absolute Gasteiger partial charge is 0.444 e. The van der Waals surface area contributed by atoms with E-state index in [0.29, 0.717) is 13.1 Å². The first-order chi connectivity index (χ1) is 12.6. The van der Waals surface area contributed by atoms with Crippen molar-refractivity contribution in [3.63, 3.8) is 0 Å². The zero-order chi connectivity index (χ0) is 19.8. The number of carbonyl (C=O) groups is 1. The molecule has 6 nitrogen and oxygen atoms in total. The summed E-state index contributed by atoms with van der Waals surface area (Å²) in [7, 11) is 0. The van der Waals surface area contributed by atoms with E-state index in [1.54, 1.807) is 11.0 Å². The van der Waals surface area contributed by atoms with Gasteiger partial charge >= 0.3 is 6.09 Å². The molecule has 0 radical (unpaired) electrons. The summed E-state index contributed by atoms with van der Waals surface area (Å²) in [6.45, 7) is 6.63. The highest BCUT2D eigenvalue weighted by atomic mass is 19.1. The van der Waals surface area contributed by atoms with E-state index in [2.05, 4.69) is 0 Å². The summed E-state index contributed by atoms with van der Waals surface area (Å²) in [6.07, 6.45) is 5.93. The zero-order valence-corrected chi connectivity index (χ0v) is 15.9. The first kappa shape index (κ1) is 19.3. The molecule has 1 aliphatic carbocycles. The number of nitrogens with zero attached hydrogens (tertiary/aromatic N) is 2. The smallest absolute Gasteiger partial charge is 0.410 e. The van der Waals surface area contributed by atoms with Crippen LogP contribution in [0.5, 0.6) is 0 Å². The van der Waals surface area contributed by atoms with E-state index in [-0.39, 0.29) is 28.7 Å². The quantitative estimate of drug-likeness (QED) is 0.562. The van der Waals surface area contributed by atoms with Crippen LogP contribution in [0.1, 0.15) is 45.6 Å². The zero-order valence-electron chi connectivity index (χ0n) is 15.9. The van der Waals surface area contributed by atoms with Crippen LogP contribution in [0.4, 0.5) is 14.9 Å². The minimum absolute atomic E-state index is 0.00739. The van der Waals surface area contributed by atoms with Gasteiger partial charge in [0.25, 0.3) is 5.69 Å². The Balaban J connectivity index is 1.78. The Hall–Kier alpha value is -2.44. The molecule has 0 aromatic heterocycles. The van der Waals surface area contributed by atoms with Gasteiger partial charge in [0.05, 0.1) is 10.5 Å². The van der Waals surface area contributed by atoms with E-state index in [4.69, 9.17) is 4.74 Å². The van der Waals surface area contributed by atoms with Crippen molar-refractivity contribution < 1.29 is 18.8 Å². The fraction of sp³-hybridized carbons (Fsp3) is 0.550. The van der Waals surface area contributed by atoms with Crippen LogP contribution in [0.15, 0.2) is 24.3 Å². The number of rotatable bonds is 3. The lowest BCUT2D eigenvalue weighted by Gasteiger charge is -2.38. The summed E-state index contributed by atoms with van der Waals surface area (Å²) in [5.41, 5.74) is -0.746. The van der Waals surface area contributed by atoms with Gasteiger partial charge in [-0.3, -0.25) is 10.1 Å². The van der Waals surface area contributed by atoms with Crippen LogP contribution in [-0.4, -0.2) is 34.6 Å². The highest BCUT2D eigenvalue weighted by molar-refractivity contribution is 5.68. The van der Waals surface area contributed by atoms with E-state index in [1.165, 1.54) is 24.3 Å². The van der Waals surface area contributed by atoms with Gasteiger partial charge in [-0.2, -0.15) is 0 Å². The number of piperidine rings is 1. The molecule has 1 spiro atoms. The average Bonchev–Trinajstić information content (AvgIpc) is 3.29. The molecule has 1 amide bonds. The van der Waals surface area contributed by atoms with Crippen LogP contribution in [0.3, 0.4) is 0 Å². The lowest BCUT2D eigenvalue weighted by atomic mass is 9.86. The standard InChI is InChI=1S/C20H25FN2O4/c1-19(2,3)27-18(24)22-12-14(11-20(13-22)9-10-20)7-8-15-16(21)5-4-6-17(15)23(25)26/h4-8,14H,9-13H2,1-3H3/b8-7+/t14-/m1/s1. The van der Waals surface area contributed by atoms with Gasteiger partial charge in [0.15, 0.2) is 0 Å². The number of nitro benzene ring substituents is 1. The third-order valence-electron chi connectivity index (χ3n) is 5.05. The first-order valence-corrected chi connectivity index (χ1v) is 9.18. The monoisotopic (exact) mass is 376 g/mol. The molecule has 1 heterocycles. The maximum absolute atomic E-state index is 14.1. The fourth-order valence-electron chi connectivity index (χ4n) is 3.65. The first-order valence-electron chi connectivity index (χ1n) is 9.18. The van der Waals surface area contributed by atoms with E-state index in [9.17, 15) is 19.3 Å². The molecule has 0 N–H and O–H groups in total. The van der Waals surface area contributed by atoms with Crippen LogP contribution >= 0.6 is 0 Å². The van der Waals surface area contributed by atoms with Crippen molar-refractivity contribution in [3.05, 3.63) is 45.8 Å². The summed E-state index contributed by atoms with van der Waals surface area (Å²) in [4.78, 5) is 24.8. The summed E-state index contributed by atoms with van der Waals surface area (Å²) < 4.78 is 19.6. The molecular weight excluding hydrogens is 351 g/mol. The Morgan fingerprint density at radius 3 is 2.70 bits per heavy atom. The molecule has 1 aliphatic heterocycles. The Labute approximate surface area is 158 Å². The van der Waals surface area contributed by atoms with Crippen molar-refractivity contribution >= 4 is 17.9 Å². The fourth-order valence-corrected chi connectivity index (χ4v) is 3.65. The summed E-state index contributed by atoms with van der Waals surface area (Å²) >= 11 is 0. The SMILES string of the molecule is CC(C)(C)OC(=O)N1C[C@H](/C=C/c2c(F)cccc2[N+](=O)[O-])CC2(CC2)C1. The number of benzene rings is 1. The lowest BCUT2D eigenvalue weighted by molar-refractivity contribution is -0.385. The van der Waals surface area contributed by atoms with Crippen LogP contribution in [0.25, 0.3) is 6.08 Å². The molecule has 2 fully saturated rings. The van der Waals surface area contributed by atoms with Crippen molar-refractivity contribution in [2.45, 2.75) is 45.6 Å². The number of ether oxygens (including phenoxy) is 1. The van der Waals surface area contributed by atoms with Gasteiger partial charge in [0.2, 0.25) is 0 Å². The molecule has 7 heteroatoms. The minimum Gasteiger partial charge on any atom is -0.444 e. The molecule has 27 heavy (non-hydrogen) atoms. The molecule has 0 unspecified atom stereocenters. The van der Waals surface area contributed by atoms with E-state index >= 15 is 0 Å². The number of likely N-dealkylation sites (tertiary alicyclic amines) is 1. The number of halogens is 1. The maximum Gasteiger partial charge on any atom is 0.410 e. The van der Waals surface area contributed by atoms with Gasteiger partial charge in [0.1, 0.15) is 11.4 Å². The van der Waals surface area contributed by atoms with Crippen LogP contribution in [0, 0.1) is 27.3 Å². The molecule has 1 aromatic rings. The molecule has 146 valence electrons. The van der Waals surface area contributed by atoms with Gasteiger partial charge in [-0.1, -0.05) is 12.1 Å². The van der Waals surface area contributed by atoms with E-state index in [0.717, 1.165) is 19.3 Å². The molecular formula is C20H25FN2O4. The van der Waals surface area contributed by atoms with Gasteiger partial charge in [-0.15, -0.1) is 0 Å². The summed E-state index contributed by atoms with van der Waals surface area (Å²) in [6, 6.07) is 3.83. The molecule has 3 rings (SSSR count). The Morgan fingerprint density at radius 2 is 2.11 bits per heavy atom. The Bertz CT molecular complexity index is 781. The van der Waals surface area contributed by atoms with E-state index < -0.39 is 16.3 Å². The van der Waals surface area contributed by atoms with Crippen LogP contribution < -0.4 is 0 Å². The molecule has 2 aliphatic rings. The minimum atomic E-state index is -0.624. The Morgan fingerprint density at radius 1 is 1.41 bits per heavy atom. The third-order valence-corrected chi connectivity index (χ3v) is 5.05. The number of amides is 1. The predicted octanol–water partition coefficient (Wildman–Crippen LogP) is 4.78. The van der Waals surface area contributed by atoms with Crippen molar-refractivity contribution in [2.75, 3.05) is 13.1 Å². The second kappa shape index (κ2) is 6.94. The number of hydrogen-bond donors (Lipinski definition) is 0. The third kappa shape index (κ3) is 4.64. The van der Waals surface area contributed by atoms with Crippen molar-refractivity contribution in [3.8, 4) is 0 Å². The Kier molecular flexibility index (Phi) is 4.97. The molecule has 1 saturated heterocycles. The second-order valence-corrected chi connectivity index (χ2v) is 8.61. The van der Waals surface area contributed by atoms with Crippen molar-refractivity contribution in [1.29, 1.82) is 0 Å². The number of hydrogen-bond acceptors (Lipinski definition) is 4. The molecule has 0 bridgehead atoms. The van der Waals surface area contributed by atoms with Gasteiger partial charge in [-0.05, 0) is 63.5 Å². The average molecular weight is 376 g/mol.